The number of fused-ring (bicyclic) bond motifs is 2. The van der Waals surface area contributed by atoms with E-state index < -0.39 is 58.4 Å². The van der Waals surface area contributed by atoms with E-state index in [1.165, 1.54) is 48.6 Å². The van der Waals surface area contributed by atoms with Crippen LogP contribution in [-0.2, 0) is 145 Å². The van der Waals surface area contributed by atoms with E-state index in [-0.39, 0.29) is 83.3 Å². The molecule has 0 aromatic heterocycles. The second-order valence-corrected chi connectivity index (χ2v) is 28.4. The number of nitrogens with zero attached hydrogens (tertiary/aromatic N) is 2. The van der Waals surface area contributed by atoms with Crippen molar-refractivity contribution in [2.75, 3.05) is 296 Å². The molecule has 0 saturated carbocycles. The van der Waals surface area contributed by atoms with Crippen molar-refractivity contribution in [2.24, 2.45) is 0 Å². The first-order valence-electron chi connectivity index (χ1n) is 38.1. The van der Waals surface area contributed by atoms with Crippen LogP contribution in [0.1, 0.15) is 64.0 Å². The molecule has 0 amide bonds. The zero-order chi connectivity index (χ0) is 82.1. The predicted molar refractivity (Wildman–Crippen MR) is 407 cm³/mol. The molecule has 1 N–H and O–H groups in total. The zero-order valence-corrected chi connectivity index (χ0v) is 68.2. The number of ether oxygens (including phenoxy) is 20. The van der Waals surface area contributed by atoms with Gasteiger partial charge in [0.05, 0.1) is 266 Å². The Morgan fingerprint density at radius 3 is 1.15 bits per heavy atom. The number of carboxylic acid groups (broad SMARTS) is 1. The van der Waals surface area contributed by atoms with Gasteiger partial charge < -0.3 is 119 Å². The molecule has 0 bridgehead atoms. The zero-order valence-electron chi connectivity index (χ0n) is 66.6. The number of carbonyl (C=O) groups is 2. The number of methoxy groups -OCH3 is 2. The quantitative estimate of drug-likeness (QED) is 0.0186. The minimum Gasteiger partial charge on any atom is -0.871 e. The molecule has 0 fully saturated rings. The van der Waals surface area contributed by atoms with Crippen LogP contribution in [0.5, 0.6) is 0 Å². The number of unbranched alkanes of at least 4 members (excludes halogenated alkanes) is 2. The highest BCUT2D eigenvalue weighted by molar-refractivity contribution is 7.86. The molecule has 2 aliphatic heterocycles. The van der Waals surface area contributed by atoms with Crippen LogP contribution in [0.3, 0.4) is 0 Å². The summed E-state index contributed by atoms with van der Waals surface area (Å²) in [5, 5.41) is 24.0. The highest BCUT2D eigenvalue weighted by atomic mass is 32.2. The van der Waals surface area contributed by atoms with E-state index in [2.05, 4.69) is 13.2 Å². The molecule has 1 aliphatic carbocycles. The van der Waals surface area contributed by atoms with Crippen LogP contribution in [-0.4, -0.2) is 345 Å². The van der Waals surface area contributed by atoms with Crippen molar-refractivity contribution in [2.45, 2.75) is 73.5 Å². The fourth-order valence-corrected chi connectivity index (χ4v) is 12.5. The minimum atomic E-state index is -4.97. The van der Waals surface area contributed by atoms with Crippen molar-refractivity contribution >= 4 is 49.1 Å². The number of anilines is 1. The van der Waals surface area contributed by atoms with Gasteiger partial charge in [-0.25, -0.2) is 26.6 Å². The van der Waals surface area contributed by atoms with E-state index in [0.717, 1.165) is 0 Å². The molecule has 34 nitrogen and oxygen atoms in total. The average molecular weight is 1650 g/mol. The van der Waals surface area contributed by atoms with Gasteiger partial charge in [0.15, 0.2) is 18.0 Å². The summed E-state index contributed by atoms with van der Waals surface area (Å²) >= 11 is 0. The summed E-state index contributed by atoms with van der Waals surface area (Å²) in [4.78, 5) is 38.0. The summed E-state index contributed by atoms with van der Waals surface area (Å²) in [5.41, 5.74) is 0.0752. The molecular formula is C77H122N2O32S2-2. The van der Waals surface area contributed by atoms with Crippen molar-refractivity contribution in [3.05, 3.63) is 95.4 Å². The summed E-state index contributed by atoms with van der Waals surface area (Å²) in [6, 6.07) is 7.96. The summed E-state index contributed by atoms with van der Waals surface area (Å²) in [6.45, 7) is 27.0. The fourth-order valence-electron chi connectivity index (χ4n) is 11.5. The number of Topliss-reactive ketones (excluding diaryl/α,β-unsaturated/α-hetero) is 1. The molecular weight excluding hydrogens is 1530 g/mol. The van der Waals surface area contributed by atoms with E-state index >= 15 is 0 Å². The standard InChI is InChI=1S/C75H120N2O32S2.C2H4/c1-74(2)65-57-61(110(82,83)84)10-12-67(65)77(16-18-90-23-24-93-29-30-96-35-36-99-41-42-102-46-47-103-45-43-100-39-37-97-33-31-94-27-25-91-21-19-88-4)69(74)59-63-72(80)64(73(63)81)60-70-75(3,66-58-62(111(85,86)87)11-13-68(66)76(70)15-8-6-7-9-71(78)79)14-17-108-109-56-55-107-54-53-106-52-51-105-50-49-104-48-44-101-40-38-98-34-32-95-28-26-92-22-20-89-5;1-2/h10-13,57-60H,6-9,14-56H2,1-5H3,(H3-,78,79,80,81,82,83,84,85,86,87);1-2H2/p-2. The third-order valence-electron chi connectivity index (χ3n) is 17.3. The Bertz CT molecular complexity index is 3320. The van der Waals surface area contributed by atoms with Crippen molar-refractivity contribution in [1.82, 2.24) is 0 Å². The Morgan fingerprint density at radius 2 is 0.796 bits per heavy atom. The molecule has 1 atom stereocenters. The molecule has 0 saturated heterocycles. The third kappa shape index (κ3) is 39.7. The Labute approximate surface area is 666 Å². The molecule has 36 heteroatoms. The Kier molecular flexibility index (Phi) is 53.4. The molecule has 5 rings (SSSR count). The number of carbonyl (C=O) groups excluding carboxylic acids is 1. The number of aliphatic carboxylic acids is 1. The highest BCUT2D eigenvalue weighted by Gasteiger charge is 2.48. The lowest BCUT2D eigenvalue weighted by molar-refractivity contribution is -0.442. The Balaban J connectivity index is 0.0000133. The van der Waals surface area contributed by atoms with Crippen LogP contribution in [0.15, 0.2) is 94.1 Å². The van der Waals surface area contributed by atoms with Crippen LogP contribution < -0.4 is 10.0 Å². The van der Waals surface area contributed by atoms with E-state index in [0.29, 0.717) is 271 Å². The number of ketones is 1. The normalized spacial score (nSPS) is 16.1. The second-order valence-electron chi connectivity index (χ2n) is 25.7. The highest BCUT2D eigenvalue weighted by Crippen LogP contribution is 2.52. The first-order chi connectivity index (χ1) is 54.8. The second kappa shape index (κ2) is 60.3. The first kappa shape index (κ1) is 100. The Hall–Kier alpha value is -5.25. The van der Waals surface area contributed by atoms with Crippen LogP contribution in [0, 0.1) is 0 Å². The van der Waals surface area contributed by atoms with E-state index in [9.17, 15) is 45.7 Å². The molecule has 646 valence electrons. The molecule has 0 radical (unpaired) electrons. The first-order valence-corrected chi connectivity index (χ1v) is 41.0. The van der Waals surface area contributed by atoms with Crippen LogP contribution >= 0.6 is 0 Å². The lowest BCUT2D eigenvalue weighted by Gasteiger charge is -2.34. The molecule has 113 heavy (non-hydrogen) atoms. The van der Waals surface area contributed by atoms with E-state index in [1.54, 1.807) is 35.0 Å². The maximum Gasteiger partial charge on any atom is 0.303 e. The van der Waals surface area contributed by atoms with Gasteiger partial charge >= 0.3 is 5.97 Å². The third-order valence-corrected chi connectivity index (χ3v) is 19.0. The summed E-state index contributed by atoms with van der Waals surface area (Å²) in [7, 11) is -6.61. The van der Waals surface area contributed by atoms with Gasteiger partial charge in [-0.3, -0.25) is 9.59 Å². The molecule has 2 heterocycles. The van der Waals surface area contributed by atoms with Gasteiger partial charge in [-0.15, -0.1) is 13.2 Å². The van der Waals surface area contributed by atoms with Gasteiger partial charge in [0.1, 0.15) is 33.5 Å². The smallest absolute Gasteiger partial charge is 0.303 e. The molecule has 1 unspecified atom stereocenters. The molecule has 2 aromatic rings. The van der Waals surface area contributed by atoms with E-state index in [1.807, 2.05) is 9.48 Å². The van der Waals surface area contributed by atoms with Gasteiger partial charge in [-0.1, -0.05) is 12.2 Å². The number of carboxylic acids is 1. The van der Waals surface area contributed by atoms with Crippen molar-refractivity contribution in [3.63, 3.8) is 0 Å². The van der Waals surface area contributed by atoms with Gasteiger partial charge in [-0.05, 0) is 82.0 Å². The van der Waals surface area contributed by atoms with Crippen LogP contribution in [0.4, 0.5) is 11.4 Å². The largest absolute Gasteiger partial charge is 0.871 e. The van der Waals surface area contributed by atoms with Crippen LogP contribution in [0.25, 0.3) is 0 Å². The van der Waals surface area contributed by atoms with Gasteiger partial charge in [0, 0.05) is 72.8 Å². The summed E-state index contributed by atoms with van der Waals surface area (Å²) in [6.07, 6.45) is 4.23. The number of hydrogen-bond acceptors (Lipinski definition) is 32. The predicted octanol–water partition coefficient (Wildman–Crippen LogP) is 4.03. The van der Waals surface area contributed by atoms with Gasteiger partial charge in [-0.2, -0.15) is 4.58 Å². The molecule has 2 aromatic carbocycles. The van der Waals surface area contributed by atoms with Crippen molar-refractivity contribution in [1.29, 1.82) is 0 Å². The number of allylic oxidation sites excluding steroid dienone is 5. The van der Waals surface area contributed by atoms with Crippen molar-refractivity contribution < 1.29 is 155 Å². The maximum atomic E-state index is 14.6. The average Bonchev–Trinajstić information content (AvgIpc) is 1.59. The SMILES string of the molecule is C=C.COCCOCCOCCOCCOCCOCCOCCOCCOCCOCCOCC[N+]1=C(C=C2C(=O)C(C=C3N(CCCCCC(=O)O)c4ccc(S(=O)(=O)[O-])cc4C3(C)CCOOCCOCCOCCOCCOCCOCCOCCOCCOCCOC)=C2[O-])C(C)(C)c2cc(S(=O)(=O)[O-])ccc21. The lowest BCUT2D eigenvalue weighted by Crippen LogP contribution is -2.36. The summed E-state index contributed by atoms with van der Waals surface area (Å²) < 4.78 is 186. The van der Waals surface area contributed by atoms with Crippen LogP contribution in [0.2, 0.25) is 0 Å². The maximum absolute atomic E-state index is 14.6. The number of benzene rings is 2. The molecule has 0 spiro atoms. The lowest BCUT2D eigenvalue weighted by atomic mass is 9.76. The monoisotopic (exact) mass is 1650 g/mol. The molecule has 3 aliphatic rings. The number of hydrogen-bond donors (Lipinski definition) is 1. The fraction of sp³-hybridized carbons (Fsp3) is 0.701. The Morgan fingerprint density at radius 1 is 0.460 bits per heavy atom. The minimum absolute atomic E-state index is 0.0210. The van der Waals surface area contributed by atoms with Gasteiger partial charge in [0.25, 0.3) is 0 Å². The van der Waals surface area contributed by atoms with E-state index in [4.69, 9.17) is 105 Å². The van der Waals surface area contributed by atoms with Gasteiger partial charge in [0.2, 0.25) is 5.69 Å². The topological polar surface area (TPSA) is 401 Å². The summed E-state index contributed by atoms with van der Waals surface area (Å²) in [5.74, 6) is -2.20. The van der Waals surface area contributed by atoms with Crippen molar-refractivity contribution in [3.8, 4) is 0 Å². The number of rotatable bonds is 74.